The minimum Gasteiger partial charge on any atom is -0.335 e. The maximum absolute atomic E-state index is 13.5. The Balaban J connectivity index is 1.36. The van der Waals surface area contributed by atoms with E-state index in [1.54, 1.807) is 36.9 Å². The molecule has 0 unspecified atom stereocenters. The van der Waals surface area contributed by atoms with E-state index in [-0.39, 0.29) is 17.1 Å². The third-order valence-corrected chi connectivity index (χ3v) is 6.23. The van der Waals surface area contributed by atoms with E-state index in [2.05, 4.69) is 40.4 Å². The van der Waals surface area contributed by atoms with Gasteiger partial charge in [0.25, 0.3) is 0 Å². The fraction of sp³-hybridized carbons (Fsp3) is 0.172. The normalized spacial score (nSPS) is 11.8. The quantitative estimate of drug-likeness (QED) is 0.251. The monoisotopic (exact) mass is 520 g/mol. The van der Waals surface area contributed by atoms with Gasteiger partial charge in [0.05, 0.1) is 34.8 Å². The summed E-state index contributed by atoms with van der Waals surface area (Å²) in [5, 5.41) is 11.2. The third kappa shape index (κ3) is 4.96. The predicted octanol–water partition coefficient (Wildman–Crippen LogP) is 6.14. The summed E-state index contributed by atoms with van der Waals surface area (Å²) >= 11 is 0. The summed E-state index contributed by atoms with van der Waals surface area (Å²) < 4.78 is 13.5. The zero-order valence-corrected chi connectivity index (χ0v) is 21.6. The Morgan fingerprint density at radius 2 is 1.82 bits per heavy atom. The summed E-state index contributed by atoms with van der Waals surface area (Å²) in [4.78, 5) is 33.7. The number of carbonyl (C=O) groups is 1. The van der Waals surface area contributed by atoms with Crippen LogP contribution in [0.1, 0.15) is 27.2 Å². The molecule has 1 amide bonds. The zero-order valence-electron chi connectivity index (χ0n) is 21.6. The highest BCUT2D eigenvalue weighted by atomic mass is 19.1. The topological polar surface area (TPSA) is 125 Å². The summed E-state index contributed by atoms with van der Waals surface area (Å²) in [6, 6.07) is 11.9. The Bertz CT molecular complexity index is 1830. The molecule has 5 aromatic heterocycles. The number of rotatable bonds is 5. The summed E-state index contributed by atoms with van der Waals surface area (Å²) in [5.74, 6) is 0.173. The van der Waals surface area contributed by atoms with Crippen molar-refractivity contribution in [2.45, 2.75) is 27.2 Å². The van der Waals surface area contributed by atoms with Crippen LogP contribution in [0.15, 0.2) is 67.3 Å². The van der Waals surface area contributed by atoms with E-state index in [0.717, 1.165) is 33.1 Å². The number of anilines is 1. The van der Waals surface area contributed by atoms with Crippen molar-refractivity contribution in [2.75, 3.05) is 5.32 Å². The van der Waals surface area contributed by atoms with Crippen LogP contribution in [-0.2, 0) is 4.79 Å². The first kappa shape index (κ1) is 24.4. The van der Waals surface area contributed by atoms with E-state index in [1.165, 1.54) is 12.1 Å². The molecule has 1 aromatic carbocycles. The highest BCUT2D eigenvalue weighted by Crippen LogP contribution is 2.32. The lowest BCUT2D eigenvalue weighted by atomic mass is 9.92. The van der Waals surface area contributed by atoms with Gasteiger partial charge >= 0.3 is 0 Å². The van der Waals surface area contributed by atoms with Gasteiger partial charge in [-0.25, -0.2) is 14.4 Å². The van der Waals surface area contributed by atoms with E-state index in [0.29, 0.717) is 35.0 Å². The first-order chi connectivity index (χ1) is 18.7. The number of nitrogens with zero attached hydrogens (tertiary/aromatic N) is 5. The third-order valence-electron chi connectivity index (χ3n) is 6.23. The highest BCUT2D eigenvalue weighted by Gasteiger charge is 2.18. The molecule has 0 aliphatic carbocycles. The number of benzene rings is 1. The first-order valence-corrected chi connectivity index (χ1v) is 12.4. The minimum atomic E-state index is -0.296. The average molecular weight is 521 g/mol. The number of H-pyrrole nitrogens is 2. The lowest BCUT2D eigenvalue weighted by molar-refractivity contribution is -0.117. The minimum absolute atomic E-state index is 0.0690. The number of amides is 1. The second-order valence-electron chi connectivity index (χ2n) is 10.6. The molecule has 0 spiro atoms. The number of nitrogens with one attached hydrogen (secondary N) is 3. The fourth-order valence-electron chi connectivity index (χ4n) is 4.48. The standard InChI is InChI=1S/C29H25FN8O/c1-29(2,3)12-24(39)34-19-10-17(13-31-14-19)22-11-21-23(15-33-22)37-38-26(21)28-35-25-20(8-9-32-27(25)36-28)16-4-6-18(30)7-5-16/h4-11,13-15H,12H2,1-3H3,(H,34,39)(H,37,38)(H,32,35,36). The Morgan fingerprint density at radius 3 is 2.62 bits per heavy atom. The van der Waals surface area contributed by atoms with Gasteiger partial charge in [0.2, 0.25) is 5.91 Å². The van der Waals surface area contributed by atoms with Crippen LogP contribution in [0.2, 0.25) is 0 Å². The molecule has 6 rings (SSSR count). The van der Waals surface area contributed by atoms with Crippen LogP contribution in [0.4, 0.5) is 10.1 Å². The van der Waals surface area contributed by atoms with Crippen molar-refractivity contribution in [1.29, 1.82) is 0 Å². The molecule has 0 saturated heterocycles. The molecule has 0 radical (unpaired) electrons. The van der Waals surface area contributed by atoms with Crippen molar-refractivity contribution in [3.05, 3.63) is 73.1 Å². The van der Waals surface area contributed by atoms with Gasteiger partial charge in [-0.2, -0.15) is 5.10 Å². The van der Waals surface area contributed by atoms with Gasteiger partial charge in [-0.15, -0.1) is 0 Å². The molecule has 5 heterocycles. The van der Waals surface area contributed by atoms with E-state index < -0.39 is 0 Å². The van der Waals surface area contributed by atoms with Crippen LogP contribution in [0.25, 0.3) is 56.0 Å². The van der Waals surface area contributed by atoms with Crippen molar-refractivity contribution in [1.82, 2.24) is 35.1 Å². The van der Waals surface area contributed by atoms with E-state index >= 15 is 0 Å². The van der Waals surface area contributed by atoms with Crippen molar-refractivity contribution >= 4 is 33.7 Å². The number of pyridine rings is 3. The van der Waals surface area contributed by atoms with Crippen LogP contribution >= 0.6 is 0 Å². The van der Waals surface area contributed by atoms with Crippen molar-refractivity contribution in [2.24, 2.45) is 5.41 Å². The smallest absolute Gasteiger partial charge is 0.224 e. The summed E-state index contributed by atoms with van der Waals surface area (Å²) in [6.45, 7) is 6.06. The Kier molecular flexibility index (Phi) is 5.86. The molecule has 0 atom stereocenters. The number of hydrogen-bond donors (Lipinski definition) is 3. The molecule has 6 aromatic rings. The number of aromatic amines is 2. The summed E-state index contributed by atoms with van der Waals surface area (Å²) in [5.41, 5.74) is 6.22. The number of fused-ring (bicyclic) bond motifs is 2. The Morgan fingerprint density at radius 1 is 1.00 bits per heavy atom. The molecule has 10 heteroatoms. The van der Waals surface area contributed by atoms with Crippen molar-refractivity contribution < 1.29 is 9.18 Å². The van der Waals surface area contributed by atoms with Crippen LogP contribution in [0, 0.1) is 11.2 Å². The number of halogens is 1. The fourth-order valence-corrected chi connectivity index (χ4v) is 4.48. The molecule has 9 nitrogen and oxygen atoms in total. The van der Waals surface area contributed by atoms with Crippen molar-refractivity contribution in [3.8, 4) is 33.9 Å². The van der Waals surface area contributed by atoms with Crippen LogP contribution in [0.5, 0.6) is 0 Å². The number of carbonyl (C=O) groups excluding carboxylic acids is 1. The lowest BCUT2D eigenvalue weighted by Crippen LogP contribution is -2.19. The van der Waals surface area contributed by atoms with Gasteiger partial charge in [-0.1, -0.05) is 32.9 Å². The number of imidazole rings is 1. The molecular weight excluding hydrogens is 495 g/mol. The predicted molar refractivity (Wildman–Crippen MR) is 148 cm³/mol. The van der Waals surface area contributed by atoms with Crippen LogP contribution < -0.4 is 5.32 Å². The first-order valence-electron chi connectivity index (χ1n) is 12.4. The van der Waals surface area contributed by atoms with Crippen LogP contribution in [0.3, 0.4) is 0 Å². The van der Waals surface area contributed by atoms with Gasteiger partial charge in [-0.3, -0.25) is 19.9 Å². The highest BCUT2D eigenvalue weighted by molar-refractivity contribution is 5.97. The summed E-state index contributed by atoms with van der Waals surface area (Å²) in [6.07, 6.45) is 7.10. The Hall–Kier alpha value is -4.99. The zero-order chi connectivity index (χ0) is 27.1. The average Bonchev–Trinajstić information content (AvgIpc) is 3.52. The summed E-state index contributed by atoms with van der Waals surface area (Å²) in [7, 11) is 0. The lowest BCUT2D eigenvalue weighted by Gasteiger charge is -2.17. The number of aromatic nitrogens is 7. The molecule has 39 heavy (non-hydrogen) atoms. The van der Waals surface area contributed by atoms with Gasteiger partial charge in [0.15, 0.2) is 11.5 Å². The van der Waals surface area contributed by atoms with E-state index in [9.17, 15) is 9.18 Å². The molecule has 0 saturated carbocycles. The van der Waals surface area contributed by atoms with Crippen LogP contribution in [-0.4, -0.2) is 41.0 Å². The van der Waals surface area contributed by atoms with E-state index in [1.807, 2.05) is 39.0 Å². The molecular formula is C29H25FN8O. The second-order valence-corrected chi connectivity index (χ2v) is 10.6. The molecule has 0 aliphatic rings. The number of hydrogen-bond acceptors (Lipinski definition) is 6. The molecule has 0 fully saturated rings. The second kappa shape index (κ2) is 9.39. The van der Waals surface area contributed by atoms with Crippen molar-refractivity contribution in [3.63, 3.8) is 0 Å². The van der Waals surface area contributed by atoms with E-state index in [4.69, 9.17) is 0 Å². The maximum Gasteiger partial charge on any atom is 0.224 e. The van der Waals surface area contributed by atoms with Gasteiger partial charge in [0.1, 0.15) is 11.5 Å². The van der Waals surface area contributed by atoms with Gasteiger partial charge in [0, 0.05) is 35.3 Å². The molecule has 3 N–H and O–H groups in total. The maximum atomic E-state index is 13.5. The molecule has 0 aliphatic heterocycles. The van der Waals surface area contributed by atoms with Gasteiger partial charge < -0.3 is 10.3 Å². The molecule has 194 valence electrons. The molecule has 0 bridgehead atoms. The largest absolute Gasteiger partial charge is 0.335 e. The van der Waals surface area contributed by atoms with Gasteiger partial charge in [-0.05, 0) is 41.3 Å². The SMILES string of the molecule is CC(C)(C)CC(=O)Nc1cncc(-c2cc3c(-c4nc5nccc(-c6ccc(F)cc6)c5[nH]4)n[nH]c3cn2)c1. The Labute approximate surface area is 223 Å².